The van der Waals surface area contributed by atoms with Gasteiger partial charge in [-0.2, -0.15) is 0 Å². The number of anilines is 1. The maximum Gasteiger partial charge on any atom is 0.255 e. The lowest BCUT2D eigenvalue weighted by Crippen LogP contribution is -2.27. The lowest BCUT2D eigenvalue weighted by molar-refractivity contribution is 0.144. The van der Waals surface area contributed by atoms with Gasteiger partial charge in [0.25, 0.3) is 5.56 Å². The third-order valence-electron chi connectivity index (χ3n) is 6.02. The Morgan fingerprint density at radius 1 is 1.03 bits per heavy atom. The Morgan fingerprint density at radius 3 is 2.61 bits per heavy atom. The standard InChI is InChI=1S/C23H32N4O4/c1-29-13-14-31-20-6-5-17(15-21(20)30-2)16-26-11-7-18-19(8-12-26)24-23(25-22(18)28)27-9-3-4-10-27/h5-6,15H,3-4,7-14,16H2,1-2H3,(H,24,25,28). The van der Waals surface area contributed by atoms with Gasteiger partial charge in [0.05, 0.1) is 19.4 Å². The summed E-state index contributed by atoms with van der Waals surface area (Å²) in [7, 11) is 3.31. The molecule has 2 aliphatic rings. The summed E-state index contributed by atoms with van der Waals surface area (Å²) in [5, 5.41) is 0. The number of methoxy groups -OCH3 is 2. The molecular weight excluding hydrogens is 396 g/mol. The summed E-state index contributed by atoms with van der Waals surface area (Å²) >= 11 is 0. The van der Waals surface area contributed by atoms with Crippen LogP contribution in [0.3, 0.4) is 0 Å². The van der Waals surface area contributed by atoms with E-state index in [1.54, 1.807) is 14.2 Å². The van der Waals surface area contributed by atoms with Gasteiger partial charge in [-0.05, 0) is 37.0 Å². The quantitative estimate of drug-likeness (QED) is 0.644. The van der Waals surface area contributed by atoms with Gasteiger partial charge in [0.2, 0.25) is 5.95 Å². The maximum absolute atomic E-state index is 12.7. The van der Waals surface area contributed by atoms with Gasteiger partial charge in [-0.25, -0.2) is 4.98 Å². The second kappa shape index (κ2) is 10.2. The molecule has 1 saturated heterocycles. The molecule has 1 N–H and O–H groups in total. The third-order valence-corrected chi connectivity index (χ3v) is 6.02. The minimum Gasteiger partial charge on any atom is -0.493 e. The molecule has 2 aliphatic heterocycles. The number of rotatable bonds is 8. The minimum atomic E-state index is 0.0213. The lowest BCUT2D eigenvalue weighted by Gasteiger charge is -2.20. The third kappa shape index (κ3) is 5.19. The lowest BCUT2D eigenvalue weighted by atomic mass is 10.1. The number of H-pyrrole nitrogens is 1. The number of hydrogen-bond donors (Lipinski definition) is 1. The molecule has 3 heterocycles. The van der Waals surface area contributed by atoms with Crippen LogP contribution in [0.4, 0.5) is 5.95 Å². The van der Waals surface area contributed by atoms with E-state index in [-0.39, 0.29) is 5.56 Å². The highest BCUT2D eigenvalue weighted by atomic mass is 16.5. The van der Waals surface area contributed by atoms with Crippen LogP contribution in [0.25, 0.3) is 0 Å². The number of aromatic nitrogens is 2. The molecule has 168 valence electrons. The summed E-state index contributed by atoms with van der Waals surface area (Å²) in [6.45, 7) is 5.46. The number of fused-ring (bicyclic) bond motifs is 1. The highest BCUT2D eigenvalue weighted by Gasteiger charge is 2.22. The van der Waals surface area contributed by atoms with Crippen molar-refractivity contribution in [3.63, 3.8) is 0 Å². The van der Waals surface area contributed by atoms with E-state index in [2.05, 4.69) is 20.9 Å². The summed E-state index contributed by atoms with van der Waals surface area (Å²) < 4.78 is 16.3. The predicted molar refractivity (Wildman–Crippen MR) is 119 cm³/mol. The number of benzene rings is 1. The summed E-state index contributed by atoms with van der Waals surface area (Å²) in [4.78, 5) is 25.1. The number of aromatic amines is 1. The number of nitrogens with zero attached hydrogens (tertiary/aromatic N) is 3. The van der Waals surface area contributed by atoms with Crippen molar-refractivity contribution in [2.75, 3.05) is 58.5 Å². The highest BCUT2D eigenvalue weighted by Crippen LogP contribution is 2.29. The Labute approximate surface area is 183 Å². The van der Waals surface area contributed by atoms with Gasteiger partial charge >= 0.3 is 0 Å². The van der Waals surface area contributed by atoms with E-state index in [0.29, 0.717) is 19.6 Å². The second-order valence-electron chi connectivity index (χ2n) is 8.11. The molecule has 8 nitrogen and oxygen atoms in total. The molecule has 1 aromatic heterocycles. The van der Waals surface area contributed by atoms with E-state index in [0.717, 1.165) is 86.3 Å². The number of nitrogens with one attached hydrogen (secondary N) is 1. The van der Waals surface area contributed by atoms with E-state index >= 15 is 0 Å². The zero-order valence-electron chi connectivity index (χ0n) is 18.5. The van der Waals surface area contributed by atoms with Crippen molar-refractivity contribution in [2.45, 2.75) is 32.2 Å². The summed E-state index contributed by atoms with van der Waals surface area (Å²) in [6, 6.07) is 6.04. The minimum absolute atomic E-state index is 0.0213. The topological polar surface area (TPSA) is 79.9 Å². The van der Waals surface area contributed by atoms with Crippen molar-refractivity contribution in [1.29, 1.82) is 0 Å². The molecule has 0 atom stereocenters. The average molecular weight is 429 g/mol. The van der Waals surface area contributed by atoms with Crippen LogP contribution in [0.5, 0.6) is 11.5 Å². The van der Waals surface area contributed by atoms with Crippen molar-refractivity contribution in [1.82, 2.24) is 14.9 Å². The molecular formula is C23H32N4O4. The molecule has 0 aliphatic carbocycles. The summed E-state index contributed by atoms with van der Waals surface area (Å²) in [5.41, 5.74) is 2.96. The maximum atomic E-state index is 12.7. The van der Waals surface area contributed by atoms with E-state index in [1.165, 1.54) is 0 Å². The molecule has 0 unspecified atom stereocenters. The average Bonchev–Trinajstić information content (AvgIpc) is 3.24. The number of ether oxygens (including phenoxy) is 3. The Morgan fingerprint density at radius 2 is 1.84 bits per heavy atom. The van der Waals surface area contributed by atoms with E-state index < -0.39 is 0 Å². The van der Waals surface area contributed by atoms with Gasteiger partial charge in [-0.1, -0.05) is 6.07 Å². The van der Waals surface area contributed by atoms with Crippen molar-refractivity contribution in [3.8, 4) is 11.5 Å². The van der Waals surface area contributed by atoms with E-state index in [1.807, 2.05) is 12.1 Å². The van der Waals surface area contributed by atoms with Gasteiger partial charge < -0.3 is 19.1 Å². The SMILES string of the molecule is COCCOc1ccc(CN2CCc3nc(N4CCCC4)[nH]c(=O)c3CC2)cc1OC. The fourth-order valence-corrected chi connectivity index (χ4v) is 4.30. The number of hydrogen-bond acceptors (Lipinski definition) is 7. The first-order chi connectivity index (χ1) is 15.2. The zero-order chi connectivity index (χ0) is 21.6. The van der Waals surface area contributed by atoms with Crippen molar-refractivity contribution < 1.29 is 14.2 Å². The molecule has 4 rings (SSSR count). The van der Waals surface area contributed by atoms with Gasteiger partial charge in [-0.15, -0.1) is 0 Å². The van der Waals surface area contributed by atoms with Crippen LogP contribution in [0.15, 0.2) is 23.0 Å². The van der Waals surface area contributed by atoms with Gasteiger partial charge in [-0.3, -0.25) is 14.7 Å². The molecule has 1 fully saturated rings. The van der Waals surface area contributed by atoms with Gasteiger partial charge in [0.1, 0.15) is 6.61 Å². The molecule has 0 radical (unpaired) electrons. The van der Waals surface area contributed by atoms with E-state index in [4.69, 9.17) is 19.2 Å². The van der Waals surface area contributed by atoms with Crippen LogP contribution in [0.1, 0.15) is 29.7 Å². The molecule has 8 heteroatoms. The van der Waals surface area contributed by atoms with Crippen LogP contribution in [-0.2, 0) is 24.1 Å². The monoisotopic (exact) mass is 428 g/mol. The highest BCUT2D eigenvalue weighted by molar-refractivity contribution is 5.43. The Balaban J connectivity index is 1.42. The van der Waals surface area contributed by atoms with Crippen molar-refractivity contribution in [3.05, 3.63) is 45.4 Å². The fraction of sp³-hybridized carbons (Fsp3) is 0.565. The van der Waals surface area contributed by atoms with Crippen LogP contribution in [-0.4, -0.2) is 68.5 Å². The Bertz CT molecular complexity index is 940. The van der Waals surface area contributed by atoms with Crippen LogP contribution in [0.2, 0.25) is 0 Å². The summed E-state index contributed by atoms with van der Waals surface area (Å²) in [5.74, 6) is 2.18. The Hall–Kier alpha value is -2.58. The first-order valence-corrected chi connectivity index (χ1v) is 11.1. The molecule has 31 heavy (non-hydrogen) atoms. The molecule has 0 bridgehead atoms. The van der Waals surface area contributed by atoms with Crippen molar-refractivity contribution in [2.24, 2.45) is 0 Å². The predicted octanol–water partition coefficient (Wildman–Crippen LogP) is 2.00. The summed E-state index contributed by atoms with van der Waals surface area (Å²) in [6.07, 6.45) is 3.82. The molecule has 0 spiro atoms. The molecule has 2 aromatic rings. The molecule has 1 aromatic carbocycles. The molecule has 0 amide bonds. The first kappa shape index (κ1) is 21.6. The van der Waals surface area contributed by atoms with Gasteiger partial charge in [0, 0.05) is 51.8 Å². The van der Waals surface area contributed by atoms with E-state index in [9.17, 15) is 4.79 Å². The van der Waals surface area contributed by atoms with Crippen LogP contribution < -0.4 is 19.9 Å². The normalized spacial score (nSPS) is 16.8. The smallest absolute Gasteiger partial charge is 0.255 e. The van der Waals surface area contributed by atoms with Crippen LogP contribution >= 0.6 is 0 Å². The molecule has 0 saturated carbocycles. The fourth-order valence-electron chi connectivity index (χ4n) is 4.30. The van der Waals surface area contributed by atoms with Crippen LogP contribution in [0, 0.1) is 0 Å². The zero-order valence-corrected chi connectivity index (χ0v) is 18.5. The Kier molecular flexibility index (Phi) is 7.09. The van der Waals surface area contributed by atoms with Crippen molar-refractivity contribution >= 4 is 5.95 Å². The largest absolute Gasteiger partial charge is 0.493 e. The van der Waals surface area contributed by atoms with Gasteiger partial charge in [0.15, 0.2) is 11.5 Å². The second-order valence-corrected chi connectivity index (χ2v) is 8.11. The first-order valence-electron chi connectivity index (χ1n) is 11.1.